The highest BCUT2D eigenvalue weighted by molar-refractivity contribution is 5.96. The maximum atomic E-state index is 12.8. The van der Waals surface area contributed by atoms with Gasteiger partial charge in [-0.15, -0.1) is 0 Å². The molecule has 0 saturated heterocycles. The average molecular weight is 396 g/mol. The normalized spacial score (nSPS) is 21.1. The molecule has 0 aliphatic heterocycles. The van der Waals surface area contributed by atoms with Crippen LogP contribution in [0.2, 0.25) is 0 Å². The van der Waals surface area contributed by atoms with Crippen LogP contribution in [0.4, 0.5) is 4.79 Å². The zero-order valence-corrected chi connectivity index (χ0v) is 16.9. The maximum Gasteiger partial charge on any atom is 0.407 e. The summed E-state index contributed by atoms with van der Waals surface area (Å²) in [5, 5.41) is 6.02. The van der Waals surface area contributed by atoms with Crippen LogP contribution in [0.5, 0.6) is 5.75 Å². The zero-order valence-electron chi connectivity index (χ0n) is 16.9. The van der Waals surface area contributed by atoms with E-state index in [4.69, 9.17) is 9.47 Å². The second kappa shape index (κ2) is 9.45. The van der Waals surface area contributed by atoms with Crippen molar-refractivity contribution in [3.63, 3.8) is 0 Å². The lowest BCUT2D eigenvalue weighted by atomic mass is 9.68. The number of methoxy groups -OCH3 is 2. The number of carbonyl (C=O) groups is 2. The number of alkyl carbamates (subject to hydrolysis) is 1. The fraction of sp³-hybridized carbons (Fsp3) is 0.391. The van der Waals surface area contributed by atoms with E-state index in [1.54, 1.807) is 19.2 Å². The SMILES string of the molecule is COC(=O)NC1CCC(CNC(=O)c2ccccc2OC)(c2ccccc2)CC1. The molecule has 29 heavy (non-hydrogen) atoms. The first-order chi connectivity index (χ1) is 14.1. The van der Waals surface area contributed by atoms with Gasteiger partial charge in [-0.3, -0.25) is 4.79 Å². The molecule has 0 atom stereocenters. The van der Waals surface area contributed by atoms with E-state index in [0.717, 1.165) is 25.7 Å². The van der Waals surface area contributed by atoms with E-state index in [9.17, 15) is 9.59 Å². The summed E-state index contributed by atoms with van der Waals surface area (Å²) in [5.41, 5.74) is 1.56. The van der Waals surface area contributed by atoms with Crippen molar-refractivity contribution >= 4 is 12.0 Å². The van der Waals surface area contributed by atoms with E-state index >= 15 is 0 Å². The lowest BCUT2D eigenvalue weighted by molar-refractivity contribution is 0.0931. The summed E-state index contributed by atoms with van der Waals surface area (Å²) in [6.45, 7) is 0.527. The minimum absolute atomic E-state index is 0.0872. The molecule has 2 amide bonds. The Morgan fingerprint density at radius 3 is 2.31 bits per heavy atom. The van der Waals surface area contributed by atoms with Crippen molar-refractivity contribution in [3.05, 3.63) is 65.7 Å². The quantitative estimate of drug-likeness (QED) is 0.781. The lowest BCUT2D eigenvalue weighted by Gasteiger charge is -2.41. The van der Waals surface area contributed by atoms with Gasteiger partial charge in [-0.05, 0) is 43.4 Å². The Bertz CT molecular complexity index is 830. The Hall–Kier alpha value is -3.02. The highest BCUT2D eigenvalue weighted by Crippen LogP contribution is 2.39. The molecule has 2 aromatic carbocycles. The number of hydrogen-bond donors (Lipinski definition) is 2. The smallest absolute Gasteiger partial charge is 0.407 e. The van der Waals surface area contributed by atoms with Gasteiger partial charge < -0.3 is 20.1 Å². The average Bonchev–Trinajstić information content (AvgIpc) is 2.79. The fourth-order valence-corrected chi connectivity index (χ4v) is 4.08. The molecule has 0 spiro atoms. The van der Waals surface area contributed by atoms with E-state index in [2.05, 4.69) is 22.8 Å². The Balaban J connectivity index is 1.74. The summed E-state index contributed by atoms with van der Waals surface area (Å²) in [6, 6.07) is 17.6. The molecule has 1 aliphatic carbocycles. The third-order valence-electron chi connectivity index (χ3n) is 5.78. The van der Waals surface area contributed by atoms with Crippen LogP contribution in [-0.2, 0) is 10.2 Å². The standard InChI is InChI=1S/C23H28N2O4/c1-28-20-11-7-6-10-19(20)21(26)24-16-23(17-8-4-3-5-9-17)14-12-18(13-15-23)25-22(27)29-2/h3-11,18H,12-16H2,1-2H3,(H,24,26)(H,25,27). The fourth-order valence-electron chi connectivity index (χ4n) is 4.08. The van der Waals surface area contributed by atoms with Gasteiger partial charge in [-0.25, -0.2) is 4.79 Å². The van der Waals surface area contributed by atoms with Gasteiger partial charge in [0.2, 0.25) is 0 Å². The summed E-state index contributed by atoms with van der Waals surface area (Å²) in [6.07, 6.45) is 2.98. The second-order valence-electron chi connectivity index (χ2n) is 7.44. The van der Waals surface area contributed by atoms with Crippen LogP contribution in [0.3, 0.4) is 0 Å². The number of hydrogen-bond acceptors (Lipinski definition) is 4. The van der Waals surface area contributed by atoms with Crippen LogP contribution in [0.25, 0.3) is 0 Å². The molecule has 0 aromatic heterocycles. The van der Waals surface area contributed by atoms with Crippen LogP contribution >= 0.6 is 0 Å². The lowest BCUT2D eigenvalue weighted by Crippen LogP contribution is -2.47. The number of carbonyl (C=O) groups excluding carboxylic acids is 2. The molecular formula is C23H28N2O4. The van der Waals surface area contributed by atoms with Gasteiger partial charge in [-0.2, -0.15) is 0 Å². The van der Waals surface area contributed by atoms with Crippen LogP contribution in [-0.4, -0.2) is 38.8 Å². The monoisotopic (exact) mass is 396 g/mol. The molecule has 6 heteroatoms. The molecular weight excluding hydrogens is 368 g/mol. The first-order valence-corrected chi connectivity index (χ1v) is 9.89. The molecule has 1 fully saturated rings. The highest BCUT2D eigenvalue weighted by atomic mass is 16.5. The van der Waals surface area contributed by atoms with E-state index in [-0.39, 0.29) is 17.4 Å². The van der Waals surface area contributed by atoms with Crippen molar-refractivity contribution < 1.29 is 19.1 Å². The molecule has 2 aromatic rings. The summed E-state index contributed by atoms with van der Waals surface area (Å²) in [4.78, 5) is 24.4. The minimum Gasteiger partial charge on any atom is -0.496 e. The first-order valence-electron chi connectivity index (χ1n) is 9.89. The zero-order chi connectivity index (χ0) is 20.7. The van der Waals surface area contributed by atoms with Crippen LogP contribution < -0.4 is 15.4 Å². The van der Waals surface area contributed by atoms with Crippen LogP contribution in [0, 0.1) is 0 Å². The third-order valence-corrected chi connectivity index (χ3v) is 5.78. The number of rotatable bonds is 6. The molecule has 2 N–H and O–H groups in total. The predicted molar refractivity (Wildman–Crippen MR) is 111 cm³/mol. The molecule has 154 valence electrons. The van der Waals surface area contributed by atoms with E-state index < -0.39 is 6.09 Å². The van der Waals surface area contributed by atoms with Crippen molar-refractivity contribution in [2.45, 2.75) is 37.1 Å². The number of nitrogens with one attached hydrogen (secondary N) is 2. The number of benzene rings is 2. The van der Waals surface area contributed by atoms with Crippen molar-refractivity contribution in [3.8, 4) is 5.75 Å². The molecule has 0 heterocycles. The third kappa shape index (κ3) is 4.88. The van der Waals surface area contributed by atoms with Gasteiger partial charge >= 0.3 is 6.09 Å². The van der Waals surface area contributed by atoms with Crippen molar-refractivity contribution in [1.82, 2.24) is 10.6 Å². The molecule has 0 radical (unpaired) electrons. The number of amides is 2. The molecule has 6 nitrogen and oxygen atoms in total. The summed E-state index contributed by atoms with van der Waals surface area (Å²) < 4.78 is 10.0. The van der Waals surface area contributed by atoms with Crippen LogP contribution in [0.15, 0.2) is 54.6 Å². The number of para-hydroxylation sites is 1. The predicted octanol–water partition coefficient (Wildman–Crippen LogP) is 3.66. The Kier molecular flexibility index (Phi) is 6.75. The van der Waals surface area contributed by atoms with Gasteiger partial charge in [0.25, 0.3) is 5.91 Å². The molecule has 3 rings (SSSR count). The topological polar surface area (TPSA) is 76.7 Å². The van der Waals surface area contributed by atoms with Gasteiger partial charge in [0.1, 0.15) is 5.75 Å². The minimum atomic E-state index is -0.397. The van der Waals surface area contributed by atoms with Crippen molar-refractivity contribution in [1.29, 1.82) is 0 Å². The van der Waals surface area contributed by atoms with Gasteiger partial charge in [0.15, 0.2) is 0 Å². The molecule has 0 bridgehead atoms. The van der Waals surface area contributed by atoms with Gasteiger partial charge in [0, 0.05) is 18.0 Å². The highest BCUT2D eigenvalue weighted by Gasteiger charge is 2.37. The summed E-state index contributed by atoms with van der Waals surface area (Å²) >= 11 is 0. The van der Waals surface area contributed by atoms with Gasteiger partial charge in [0.05, 0.1) is 19.8 Å². The summed E-state index contributed by atoms with van der Waals surface area (Å²) in [7, 11) is 2.94. The Morgan fingerprint density at radius 2 is 1.66 bits per heavy atom. The Labute approximate surface area is 171 Å². The Morgan fingerprint density at radius 1 is 1.00 bits per heavy atom. The number of ether oxygens (including phenoxy) is 2. The van der Waals surface area contributed by atoms with Crippen LogP contribution in [0.1, 0.15) is 41.6 Å². The van der Waals surface area contributed by atoms with Crippen molar-refractivity contribution in [2.75, 3.05) is 20.8 Å². The molecule has 1 aliphatic rings. The maximum absolute atomic E-state index is 12.8. The molecule has 1 saturated carbocycles. The van der Waals surface area contributed by atoms with E-state index in [0.29, 0.717) is 17.9 Å². The van der Waals surface area contributed by atoms with Gasteiger partial charge in [-0.1, -0.05) is 42.5 Å². The molecule has 0 unspecified atom stereocenters. The second-order valence-corrected chi connectivity index (χ2v) is 7.44. The van der Waals surface area contributed by atoms with E-state index in [1.165, 1.54) is 12.7 Å². The van der Waals surface area contributed by atoms with Crippen molar-refractivity contribution in [2.24, 2.45) is 0 Å². The first kappa shape index (κ1) is 20.7. The van der Waals surface area contributed by atoms with E-state index in [1.807, 2.05) is 30.3 Å². The summed E-state index contributed by atoms with van der Waals surface area (Å²) in [5.74, 6) is 0.414. The largest absolute Gasteiger partial charge is 0.496 e.